The predicted molar refractivity (Wildman–Crippen MR) is 63.3 cm³/mol. The summed E-state index contributed by atoms with van der Waals surface area (Å²) in [6, 6.07) is 0. The van der Waals surface area contributed by atoms with E-state index >= 15 is 0 Å². The maximum Gasteiger partial charge on any atom is 0.251 e. The molecule has 17 heavy (non-hydrogen) atoms. The Morgan fingerprint density at radius 3 is 2.88 bits per heavy atom. The summed E-state index contributed by atoms with van der Waals surface area (Å²) in [6.07, 6.45) is 3.38. The van der Waals surface area contributed by atoms with Crippen molar-refractivity contribution < 1.29 is 14.6 Å². The van der Waals surface area contributed by atoms with E-state index in [0.717, 1.165) is 32.2 Å². The number of amides is 1. The highest BCUT2D eigenvalue weighted by atomic mass is 16.5. The molecule has 0 aromatic rings. The van der Waals surface area contributed by atoms with E-state index in [9.17, 15) is 4.79 Å². The van der Waals surface area contributed by atoms with Gasteiger partial charge in [0, 0.05) is 26.2 Å². The molecule has 3 N–H and O–H groups in total. The van der Waals surface area contributed by atoms with Crippen molar-refractivity contribution in [1.29, 1.82) is 0 Å². The van der Waals surface area contributed by atoms with Gasteiger partial charge in [-0.1, -0.05) is 0 Å². The van der Waals surface area contributed by atoms with E-state index in [-0.39, 0.29) is 30.6 Å². The number of hydrogen-bond acceptors (Lipinski definition) is 4. The second-order valence-corrected chi connectivity index (χ2v) is 5.03. The van der Waals surface area contributed by atoms with Crippen LogP contribution in [-0.2, 0) is 9.53 Å². The summed E-state index contributed by atoms with van der Waals surface area (Å²) < 4.78 is 5.62. The molecule has 5 heteroatoms. The standard InChI is InChI=1S/C12H22N2O3/c13-6-10-3-4-11(17-10)12(16)14-5-1-2-9(7-14)8-15/h9-11,15H,1-8,13H2. The molecule has 0 spiro atoms. The van der Waals surface area contributed by atoms with Crippen LogP contribution in [0.2, 0.25) is 0 Å². The van der Waals surface area contributed by atoms with Crippen LogP contribution in [0.5, 0.6) is 0 Å². The summed E-state index contributed by atoms with van der Waals surface area (Å²) >= 11 is 0. The first-order valence-electron chi connectivity index (χ1n) is 6.49. The molecule has 5 nitrogen and oxygen atoms in total. The second-order valence-electron chi connectivity index (χ2n) is 5.03. The lowest BCUT2D eigenvalue weighted by molar-refractivity contribution is -0.144. The Kier molecular flexibility index (Phi) is 4.36. The van der Waals surface area contributed by atoms with Crippen LogP contribution in [-0.4, -0.2) is 54.4 Å². The van der Waals surface area contributed by atoms with E-state index in [2.05, 4.69) is 0 Å². The molecule has 2 saturated heterocycles. The number of hydrogen-bond donors (Lipinski definition) is 2. The van der Waals surface area contributed by atoms with Crippen LogP contribution in [0.3, 0.4) is 0 Å². The fourth-order valence-electron chi connectivity index (χ4n) is 2.68. The van der Waals surface area contributed by atoms with Gasteiger partial charge in [0.2, 0.25) is 0 Å². The first-order valence-corrected chi connectivity index (χ1v) is 6.49. The summed E-state index contributed by atoms with van der Waals surface area (Å²) in [6.45, 7) is 2.12. The highest BCUT2D eigenvalue weighted by Gasteiger charge is 2.34. The highest BCUT2D eigenvalue weighted by Crippen LogP contribution is 2.23. The minimum absolute atomic E-state index is 0.0439. The summed E-state index contributed by atoms with van der Waals surface area (Å²) in [5.74, 6) is 0.318. The summed E-state index contributed by atoms with van der Waals surface area (Å²) in [5, 5.41) is 9.15. The van der Waals surface area contributed by atoms with Gasteiger partial charge in [-0.05, 0) is 31.6 Å². The number of likely N-dealkylation sites (tertiary alicyclic amines) is 1. The molecule has 1 amide bonds. The van der Waals surface area contributed by atoms with E-state index in [1.54, 1.807) is 0 Å². The molecule has 0 aromatic carbocycles. The van der Waals surface area contributed by atoms with Crippen molar-refractivity contribution in [1.82, 2.24) is 4.90 Å². The smallest absolute Gasteiger partial charge is 0.251 e. The van der Waals surface area contributed by atoms with E-state index in [4.69, 9.17) is 15.6 Å². The molecule has 2 fully saturated rings. The lowest BCUT2D eigenvalue weighted by atomic mass is 9.98. The number of ether oxygens (including phenoxy) is 1. The molecule has 2 heterocycles. The van der Waals surface area contributed by atoms with Gasteiger partial charge in [0.1, 0.15) is 6.10 Å². The number of carbonyl (C=O) groups excluding carboxylic acids is 1. The van der Waals surface area contributed by atoms with Crippen molar-refractivity contribution >= 4 is 5.91 Å². The van der Waals surface area contributed by atoms with Crippen LogP contribution in [0, 0.1) is 5.92 Å². The molecular formula is C12H22N2O3. The summed E-state index contributed by atoms with van der Waals surface area (Å²) in [5.41, 5.74) is 5.54. The lowest BCUT2D eigenvalue weighted by Gasteiger charge is -2.33. The number of nitrogens with zero attached hydrogens (tertiary/aromatic N) is 1. The normalized spacial score (nSPS) is 34.0. The molecule has 0 aliphatic carbocycles. The van der Waals surface area contributed by atoms with E-state index in [0.29, 0.717) is 13.1 Å². The number of nitrogens with two attached hydrogens (primary N) is 1. The van der Waals surface area contributed by atoms with E-state index in [1.165, 1.54) is 0 Å². The van der Waals surface area contributed by atoms with Crippen LogP contribution in [0.1, 0.15) is 25.7 Å². The fourth-order valence-corrected chi connectivity index (χ4v) is 2.68. The highest BCUT2D eigenvalue weighted by molar-refractivity contribution is 5.81. The molecule has 2 rings (SSSR count). The molecule has 98 valence electrons. The van der Waals surface area contributed by atoms with Crippen molar-refractivity contribution in [3.05, 3.63) is 0 Å². The average molecular weight is 242 g/mol. The Morgan fingerprint density at radius 2 is 2.24 bits per heavy atom. The van der Waals surface area contributed by atoms with Crippen molar-refractivity contribution in [3.63, 3.8) is 0 Å². The molecule has 3 unspecified atom stereocenters. The first kappa shape index (κ1) is 12.8. The minimum Gasteiger partial charge on any atom is -0.396 e. The number of aliphatic hydroxyl groups is 1. The van der Waals surface area contributed by atoms with E-state index in [1.807, 2.05) is 4.90 Å². The third kappa shape index (κ3) is 2.97. The largest absolute Gasteiger partial charge is 0.396 e. The van der Waals surface area contributed by atoms with Gasteiger partial charge in [-0.15, -0.1) is 0 Å². The lowest BCUT2D eigenvalue weighted by Crippen LogP contribution is -2.45. The molecule has 0 bridgehead atoms. The minimum atomic E-state index is -0.305. The number of piperidine rings is 1. The Morgan fingerprint density at radius 1 is 1.41 bits per heavy atom. The van der Waals surface area contributed by atoms with Gasteiger partial charge < -0.3 is 20.5 Å². The topological polar surface area (TPSA) is 75.8 Å². The maximum atomic E-state index is 12.2. The predicted octanol–water partition coefficient (Wildman–Crippen LogP) is -0.276. The number of rotatable bonds is 3. The van der Waals surface area contributed by atoms with Crippen molar-refractivity contribution in [3.8, 4) is 0 Å². The van der Waals surface area contributed by atoms with Crippen LogP contribution in [0.15, 0.2) is 0 Å². The fraction of sp³-hybridized carbons (Fsp3) is 0.917. The van der Waals surface area contributed by atoms with Gasteiger partial charge in [0.05, 0.1) is 6.10 Å². The van der Waals surface area contributed by atoms with Crippen molar-refractivity contribution in [2.24, 2.45) is 11.7 Å². The molecule has 0 radical (unpaired) electrons. The number of carbonyl (C=O) groups is 1. The van der Waals surface area contributed by atoms with Gasteiger partial charge in [-0.3, -0.25) is 4.79 Å². The third-order valence-electron chi connectivity index (χ3n) is 3.73. The van der Waals surface area contributed by atoms with Crippen LogP contribution >= 0.6 is 0 Å². The van der Waals surface area contributed by atoms with Gasteiger partial charge in [0.25, 0.3) is 5.91 Å². The molecule has 3 atom stereocenters. The maximum absolute atomic E-state index is 12.2. The molecule has 2 aliphatic rings. The SMILES string of the molecule is NCC1CCC(C(=O)N2CCCC(CO)C2)O1. The Hall–Kier alpha value is -0.650. The average Bonchev–Trinajstić information content (AvgIpc) is 2.86. The first-order chi connectivity index (χ1) is 8.24. The van der Waals surface area contributed by atoms with Gasteiger partial charge in [0.15, 0.2) is 0 Å². The second kappa shape index (κ2) is 5.80. The van der Waals surface area contributed by atoms with Crippen molar-refractivity contribution in [2.75, 3.05) is 26.2 Å². The summed E-state index contributed by atoms with van der Waals surface area (Å²) in [4.78, 5) is 14.0. The quantitative estimate of drug-likeness (QED) is 0.714. The van der Waals surface area contributed by atoms with Gasteiger partial charge in [-0.2, -0.15) is 0 Å². The van der Waals surface area contributed by atoms with Crippen LogP contribution in [0.4, 0.5) is 0 Å². The molecule has 0 saturated carbocycles. The number of aliphatic hydroxyl groups excluding tert-OH is 1. The molecule has 2 aliphatic heterocycles. The monoisotopic (exact) mass is 242 g/mol. The zero-order chi connectivity index (χ0) is 12.3. The van der Waals surface area contributed by atoms with Crippen LogP contribution < -0.4 is 5.73 Å². The Bertz CT molecular complexity index is 272. The van der Waals surface area contributed by atoms with Crippen molar-refractivity contribution in [2.45, 2.75) is 37.9 Å². The van der Waals surface area contributed by atoms with Gasteiger partial charge >= 0.3 is 0 Å². The zero-order valence-electron chi connectivity index (χ0n) is 10.2. The molecule has 0 aromatic heterocycles. The van der Waals surface area contributed by atoms with E-state index < -0.39 is 0 Å². The Labute approximate surface area is 102 Å². The molecular weight excluding hydrogens is 220 g/mol. The zero-order valence-corrected chi connectivity index (χ0v) is 10.2. The van der Waals surface area contributed by atoms with Crippen LogP contribution in [0.25, 0.3) is 0 Å². The van der Waals surface area contributed by atoms with Gasteiger partial charge in [-0.25, -0.2) is 0 Å². The summed E-state index contributed by atoms with van der Waals surface area (Å²) in [7, 11) is 0. The Balaban J connectivity index is 1.87. The third-order valence-corrected chi connectivity index (χ3v) is 3.73.